The summed E-state index contributed by atoms with van der Waals surface area (Å²) in [4.78, 5) is 11.2. The quantitative estimate of drug-likeness (QED) is 0.695. The van der Waals surface area contributed by atoms with Crippen LogP contribution in [0.5, 0.6) is 5.75 Å². The molecule has 0 saturated heterocycles. The molecule has 0 aliphatic rings. The van der Waals surface area contributed by atoms with Crippen LogP contribution in [-0.2, 0) is 4.74 Å². The largest absolute Gasteiger partial charge is 0.508 e. The van der Waals surface area contributed by atoms with Gasteiger partial charge in [-0.05, 0) is 25.1 Å². The van der Waals surface area contributed by atoms with E-state index in [1.807, 2.05) is 0 Å². The van der Waals surface area contributed by atoms with Crippen molar-refractivity contribution < 1.29 is 14.6 Å². The zero-order chi connectivity index (χ0) is 10.7. The summed E-state index contributed by atoms with van der Waals surface area (Å²) in [5.41, 5.74) is 6.53. The van der Waals surface area contributed by atoms with Gasteiger partial charge in [0, 0.05) is 11.6 Å². The number of methoxy groups -OCH3 is 1. The fourth-order valence-corrected chi connectivity index (χ4v) is 1.16. The summed E-state index contributed by atoms with van der Waals surface area (Å²) in [6, 6.07) is 4.14. The summed E-state index contributed by atoms with van der Waals surface area (Å²) in [5, 5.41) is 9.43. The van der Waals surface area contributed by atoms with Gasteiger partial charge >= 0.3 is 5.97 Å². The first-order chi connectivity index (χ1) is 6.56. The van der Waals surface area contributed by atoms with E-state index in [1.165, 1.54) is 25.3 Å². The van der Waals surface area contributed by atoms with Crippen LogP contribution in [-0.4, -0.2) is 18.2 Å². The molecule has 1 aromatic carbocycles. The number of rotatable bonds is 2. The van der Waals surface area contributed by atoms with Gasteiger partial charge in [0.05, 0.1) is 12.7 Å². The van der Waals surface area contributed by atoms with Gasteiger partial charge in [-0.2, -0.15) is 0 Å². The van der Waals surface area contributed by atoms with Gasteiger partial charge in [0.1, 0.15) is 5.75 Å². The lowest BCUT2D eigenvalue weighted by Crippen LogP contribution is -2.08. The third-order valence-corrected chi connectivity index (χ3v) is 1.94. The first-order valence-corrected chi connectivity index (χ1v) is 4.23. The van der Waals surface area contributed by atoms with E-state index in [-0.39, 0.29) is 11.8 Å². The van der Waals surface area contributed by atoms with Crippen molar-refractivity contribution in [2.45, 2.75) is 13.0 Å². The lowest BCUT2D eigenvalue weighted by molar-refractivity contribution is 0.0600. The highest BCUT2D eigenvalue weighted by atomic mass is 16.5. The highest BCUT2D eigenvalue weighted by molar-refractivity contribution is 5.89. The van der Waals surface area contributed by atoms with Gasteiger partial charge in [0.25, 0.3) is 0 Å². The van der Waals surface area contributed by atoms with E-state index in [2.05, 4.69) is 4.74 Å². The summed E-state index contributed by atoms with van der Waals surface area (Å²) < 4.78 is 4.55. The topological polar surface area (TPSA) is 72.5 Å². The molecule has 0 aliphatic carbocycles. The molecule has 0 radical (unpaired) electrons. The van der Waals surface area contributed by atoms with E-state index in [0.29, 0.717) is 11.1 Å². The zero-order valence-corrected chi connectivity index (χ0v) is 8.15. The van der Waals surface area contributed by atoms with Crippen LogP contribution in [0.3, 0.4) is 0 Å². The van der Waals surface area contributed by atoms with Crippen molar-refractivity contribution in [3.05, 3.63) is 29.3 Å². The highest BCUT2D eigenvalue weighted by Gasteiger charge is 2.11. The molecule has 14 heavy (non-hydrogen) atoms. The van der Waals surface area contributed by atoms with Crippen LogP contribution in [0.15, 0.2) is 18.2 Å². The van der Waals surface area contributed by atoms with Gasteiger partial charge in [-0.1, -0.05) is 0 Å². The highest BCUT2D eigenvalue weighted by Crippen LogP contribution is 2.23. The van der Waals surface area contributed by atoms with E-state index in [9.17, 15) is 9.90 Å². The Morgan fingerprint density at radius 1 is 1.57 bits per heavy atom. The minimum Gasteiger partial charge on any atom is -0.508 e. The SMILES string of the molecule is COC(=O)c1ccc(O)c(C(C)N)c1. The summed E-state index contributed by atoms with van der Waals surface area (Å²) in [6.45, 7) is 1.73. The fraction of sp³-hybridized carbons (Fsp3) is 0.300. The standard InChI is InChI=1S/C10H13NO3/c1-6(11)8-5-7(10(13)14-2)3-4-9(8)12/h3-6,12H,11H2,1-2H3. The van der Waals surface area contributed by atoms with Crippen molar-refractivity contribution >= 4 is 5.97 Å². The molecule has 76 valence electrons. The van der Waals surface area contributed by atoms with E-state index < -0.39 is 5.97 Å². The molecule has 0 saturated carbocycles. The van der Waals surface area contributed by atoms with Crippen LogP contribution >= 0.6 is 0 Å². The number of benzene rings is 1. The molecule has 4 nitrogen and oxygen atoms in total. The Kier molecular flexibility index (Phi) is 3.09. The monoisotopic (exact) mass is 195 g/mol. The molecule has 0 aromatic heterocycles. The predicted molar refractivity (Wildman–Crippen MR) is 52.0 cm³/mol. The van der Waals surface area contributed by atoms with Crippen molar-refractivity contribution in [3.8, 4) is 5.75 Å². The van der Waals surface area contributed by atoms with E-state index in [4.69, 9.17) is 5.73 Å². The second kappa shape index (κ2) is 4.11. The normalized spacial score (nSPS) is 12.2. The smallest absolute Gasteiger partial charge is 0.337 e. The molecule has 1 aromatic rings. The van der Waals surface area contributed by atoms with Crippen LogP contribution < -0.4 is 5.73 Å². The molecule has 0 spiro atoms. The zero-order valence-electron chi connectivity index (χ0n) is 8.15. The Labute approximate surface area is 82.3 Å². The Morgan fingerprint density at radius 2 is 2.21 bits per heavy atom. The molecule has 3 N–H and O–H groups in total. The third-order valence-electron chi connectivity index (χ3n) is 1.94. The number of nitrogens with two attached hydrogens (primary N) is 1. The average molecular weight is 195 g/mol. The van der Waals surface area contributed by atoms with Gasteiger partial charge in [0.15, 0.2) is 0 Å². The number of hydrogen-bond donors (Lipinski definition) is 2. The van der Waals surface area contributed by atoms with Crippen molar-refractivity contribution in [1.29, 1.82) is 0 Å². The van der Waals surface area contributed by atoms with Crippen molar-refractivity contribution in [2.75, 3.05) is 7.11 Å². The molecule has 0 amide bonds. The Hall–Kier alpha value is -1.55. The minimum atomic E-state index is -0.438. The van der Waals surface area contributed by atoms with Gasteiger partial charge in [-0.15, -0.1) is 0 Å². The van der Waals surface area contributed by atoms with Crippen LogP contribution in [0.2, 0.25) is 0 Å². The lowest BCUT2D eigenvalue weighted by Gasteiger charge is -2.09. The summed E-state index contributed by atoms with van der Waals surface area (Å²) in [6.07, 6.45) is 0. The van der Waals surface area contributed by atoms with Gasteiger partial charge < -0.3 is 15.6 Å². The van der Waals surface area contributed by atoms with Crippen LogP contribution in [0.4, 0.5) is 0 Å². The summed E-state index contributed by atoms with van der Waals surface area (Å²) in [7, 11) is 1.31. The average Bonchev–Trinajstić information content (AvgIpc) is 2.17. The van der Waals surface area contributed by atoms with Crippen molar-refractivity contribution in [3.63, 3.8) is 0 Å². The Bertz CT molecular complexity index is 347. The number of carbonyl (C=O) groups excluding carboxylic acids is 1. The maximum absolute atomic E-state index is 11.2. The maximum atomic E-state index is 11.2. The molecule has 0 fully saturated rings. The van der Waals surface area contributed by atoms with Gasteiger partial charge in [-0.25, -0.2) is 4.79 Å². The van der Waals surface area contributed by atoms with Crippen LogP contribution in [0.25, 0.3) is 0 Å². The molecular formula is C10H13NO3. The van der Waals surface area contributed by atoms with Crippen LogP contribution in [0.1, 0.15) is 28.9 Å². The molecule has 1 unspecified atom stereocenters. The first kappa shape index (κ1) is 10.5. The molecule has 4 heteroatoms. The maximum Gasteiger partial charge on any atom is 0.337 e. The number of hydrogen-bond acceptors (Lipinski definition) is 4. The number of phenolic OH excluding ortho intramolecular Hbond substituents is 1. The number of aromatic hydroxyl groups is 1. The van der Waals surface area contributed by atoms with Gasteiger partial charge in [0.2, 0.25) is 0 Å². The number of phenols is 1. The van der Waals surface area contributed by atoms with Crippen molar-refractivity contribution in [1.82, 2.24) is 0 Å². The second-order valence-electron chi connectivity index (χ2n) is 3.05. The number of ether oxygens (including phenoxy) is 1. The summed E-state index contributed by atoms with van der Waals surface area (Å²) in [5.74, 6) is -0.348. The Balaban J connectivity index is 3.13. The molecule has 1 atom stereocenters. The van der Waals surface area contributed by atoms with E-state index in [0.717, 1.165) is 0 Å². The second-order valence-corrected chi connectivity index (χ2v) is 3.05. The summed E-state index contributed by atoms with van der Waals surface area (Å²) >= 11 is 0. The first-order valence-electron chi connectivity index (χ1n) is 4.23. The lowest BCUT2D eigenvalue weighted by atomic mass is 10.0. The molecule has 0 heterocycles. The predicted octanol–water partition coefficient (Wildman–Crippen LogP) is 1.20. The molecular weight excluding hydrogens is 182 g/mol. The van der Waals surface area contributed by atoms with Crippen molar-refractivity contribution in [2.24, 2.45) is 5.73 Å². The number of esters is 1. The van der Waals surface area contributed by atoms with Crippen LogP contribution in [0, 0.1) is 0 Å². The molecule has 1 rings (SSSR count). The van der Waals surface area contributed by atoms with Gasteiger partial charge in [-0.3, -0.25) is 0 Å². The van der Waals surface area contributed by atoms with E-state index in [1.54, 1.807) is 6.92 Å². The minimum absolute atomic E-state index is 0.0904. The number of carbonyl (C=O) groups is 1. The third kappa shape index (κ3) is 2.03. The Morgan fingerprint density at radius 3 is 2.71 bits per heavy atom. The molecule has 0 aliphatic heterocycles. The fourth-order valence-electron chi connectivity index (χ4n) is 1.16. The van der Waals surface area contributed by atoms with E-state index >= 15 is 0 Å². The molecule has 0 bridgehead atoms.